The molecule has 0 fully saturated rings. The molecule has 0 aliphatic rings. The van der Waals surface area contributed by atoms with Crippen LogP contribution in [0.3, 0.4) is 0 Å². The molecular weight excluding hydrogens is 278 g/mol. The molecule has 1 aromatic rings. The molecule has 0 spiro atoms. The number of carbonyl (C=O) groups is 1. The number of anilines is 2. The Labute approximate surface area is 103 Å². The number of amides is 1. The maximum atomic E-state index is 12.6. The average Bonchev–Trinajstić information content (AvgIpc) is 2.16. The van der Waals surface area contributed by atoms with Gasteiger partial charge in [-0.1, -0.05) is 0 Å². The summed E-state index contributed by atoms with van der Waals surface area (Å²) in [6, 6.07) is 0.706. The monoisotopic (exact) mass is 286 g/mol. The number of carbonyl (C=O) groups excluding carboxylic acids is 1. The van der Waals surface area contributed by atoms with E-state index in [4.69, 9.17) is 5.73 Å². The van der Waals surface area contributed by atoms with Crippen LogP contribution >= 0.6 is 0 Å². The van der Waals surface area contributed by atoms with Gasteiger partial charge in [-0.2, -0.15) is 26.3 Å². The zero-order valence-electron chi connectivity index (χ0n) is 9.41. The number of nitrogens with two attached hydrogens (primary N) is 1. The number of halogens is 6. The molecule has 3 N–H and O–H groups in total. The van der Waals surface area contributed by atoms with Gasteiger partial charge in [0.2, 0.25) is 5.91 Å². The van der Waals surface area contributed by atoms with E-state index in [-0.39, 0.29) is 0 Å². The summed E-state index contributed by atoms with van der Waals surface area (Å²) in [6.45, 7) is 0.955. The van der Waals surface area contributed by atoms with Crippen LogP contribution in [-0.4, -0.2) is 5.91 Å². The van der Waals surface area contributed by atoms with E-state index < -0.39 is 40.8 Å². The number of nitrogens with one attached hydrogen (secondary N) is 1. The lowest BCUT2D eigenvalue weighted by molar-refractivity contribution is -0.141. The van der Waals surface area contributed by atoms with Crippen LogP contribution in [0.4, 0.5) is 37.7 Å². The molecule has 0 aliphatic carbocycles. The van der Waals surface area contributed by atoms with E-state index in [1.807, 2.05) is 5.32 Å². The predicted molar refractivity (Wildman–Crippen MR) is 55.2 cm³/mol. The van der Waals surface area contributed by atoms with Crippen molar-refractivity contribution >= 4 is 17.3 Å². The molecule has 1 aromatic carbocycles. The number of hydrogen-bond acceptors (Lipinski definition) is 2. The molecule has 19 heavy (non-hydrogen) atoms. The van der Waals surface area contributed by atoms with Gasteiger partial charge in [-0.25, -0.2) is 0 Å². The van der Waals surface area contributed by atoms with Gasteiger partial charge in [-0.05, 0) is 12.1 Å². The van der Waals surface area contributed by atoms with E-state index >= 15 is 0 Å². The Morgan fingerprint density at radius 3 is 1.68 bits per heavy atom. The topological polar surface area (TPSA) is 55.1 Å². The van der Waals surface area contributed by atoms with E-state index in [0.717, 1.165) is 6.92 Å². The number of hydrogen-bond donors (Lipinski definition) is 2. The van der Waals surface area contributed by atoms with Gasteiger partial charge in [0, 0.05) is 12.6 Å². The first-order chi connectivity index (χ1) is 8.43. The Hall–Kier alpha value is -1.93. The number of alkyl halides is 6. The average molecular weight is 286 g/mol. The quantitative estimate of drug-likeness (QED) is 0.615. The third kappa shape index (κ3) is 3.52. The summed E-state index contributed by atoms with van der Waals surface area (Å²) in [5.74, 6) is -0.800. The molecule has 0 aliphatic heterocycles. The molecule has 0 bridgehead atoms. The smallest absolute Gasteiger partial charge is 0.398 e. The molecule has 1 rings (SSSR count). The van der Waals surface area contributed by atoms with Gasteiger partial charge in [0.1, 0.15) is 0 Å². The highest BCUT2D eigenvalue weighted by Gasteiger charge is 2.40. The van der Waals surface area contributed by atoms with Crippen molar-refractivity contribution in [3.05, 3.63) is 23.3 Å². The second-order valence-corrected chi connectivity index (χ2v) is 3.66. The van der Waals surface area contributed by atoms with Gasteiger partial charge < -0.3 is 11.1 Å². The number of rotatable bonds is 1. The molecule has 0 unspecified atom stereocenters. The van der Waals surface area contributed by atoms with Crippen LogP contribution in [0, 0.1) is 0 Å². The summed E-state index contributed by atoms with van der Waals surface area (Å²) in [6.07, 6.45) is -10.1. The van der Waals surface area contributed by atoms with Crippen molar-refractivity contribution < 1.29 is 31.1 Å². The lowest BCUT2D eigenvalue weighted by Gasteiger charge is -2.17. The minimum atomic E-state index is -5.06. The first-order valence-electron chi connectivity index (χ1n) is 4.78. The largest absolute Gasteiger partial charge is 0.418 e. The van der Waals surface area contributed by atoms with Crippen molar-refractivity contribution in [1.82, 2.24) is 0 Å². The van der Waals surface area contributed by atoms with Crippen LogP contribution in [0.1, 0.15) is 18.1 Å². The Kier molecular flexibility index (Phi) is 3.69. The Morgan fingerprint density at radius 1 is 1.05 bits per heavy atom. The van der Waals surface area contributed by atoms with E-state index in [1.165, 1.54) is 0 Å². The zero-order chi connectivity index (χ0) is 15.0. The maximum absolute atomic E-state index is 12.6. The first-order valence-corrected chi connectivity index (χ1v) is 4.78. The molecule has 0 saturated carbocycles. The van der Waals surface area contributed by atoms with Gasteiger partial charge in [-0.3, -0.25) is 4.79 Å². The van der Waals surface area contributed by atoms with E-state index in [9.17, 15) is 31.1 Å². The molecule has 0 atom stereocenters. The predicted octanol–water partition coefficient (Wildman–Crippen LogP) is 3.26. The van der Waals surface area contributed by atoms with Crippen LogP contribution in [-0.2, 0) is 17.1 Å². The summed E-state index contributed by atoms with van der Waals surface area (Å²) in [7, 11) is 0. The Balaban J connectivity index is 3.52. The molecule has 0 radical (unpaired) electrons. The van der Waals surface area contributed by atoms with Crippen LogP contribution < -0.4 is 11.1 Å². The highest BCUT2D eigenvalue weighted by Crippen LogP contribution is 2.42. The van der Waals surface area contributed by atoms with Gasteiger partial charge in [-0.15, -0.1) is 0 Å². The third-order valence-electron chi connectivity index (χ3n) is 2.11. The van der Waals surface area contributed by atoms with Gasteiger partial charge in [0.15, 0.2) is 0 Å². The maximum Gasteiger partial charge on any atom is 0.418 e. The second kappa shape index (κ2) is 4.63. The molecule has 106 valence electrons. The van der Waals surface area contributed by atoms with Crippen molar-refractivity contribution in [2.75, 3.05) is 11.1 Å². The molecule has 3 nitrogen and oxygen atoms in total. The minimum Gasteiger partial charge on any atom is -0.398 e. The summed E-state index contributed by atoms with van der Waals surface area (Å²) in [4.78, 5) is 10.7. The number of benzene rings is 1. The summed E-state index contributed by atoms with van der Waals surface area (Å²) in [5, 5.41) is 1.86. The van der Waals surface area contributed by atoms with Crippen LogP contribution in [0.2, 0.25) is 0 Å². The van der Waals surface area contributed by atoms with E-state index in [0.29, 0.717) is 12.1 Å². The lowest BCUT2D eigenvalue weighted by atomic mass is 10.0. The van der Waals surface area contributed by atoms with Gasteiger partial charge >= 0.3 is 12.4 Å². The molecule has 0 saturated heterocycles. The zero-order valence-corrected chi connectivity index (χ0v) is 9.41. The Bertz CT molecular complexity index is 471. The van der Waals surface area contributed by atoms with Gasteiger partial charge in [0.05, 0.1) is 16.8 Å². The fourth-order valence-corrected chi connectivity index (χ4v) is 1.40. The highest BCUT2D eigenvalue weighted by molar-refractivity contribution is 5.89. The normalized spacial score (nSPS) is 12.4. The molecule has 9 heteroatoms. The van der Waals surface area contributed by atoms with E-state index in [1.54, 1.807) is 0 Å². The third-order valence-corrected chi connectivity index (χ3v) is 2.11. The summed E-state index contributed by atoms with van der Waals surface area (Å²) < 4.78 is 75.4. The molecular formula is C10H8F6N2O. The molecule has 0 aromatic heterocycles. The van der Waals surface area contributed by atoms with Crippen molar-refractivity contribution in [1.29, 1.82) is 0 Å². The Morgan fingerprint density at radius 2 is 1.42 bits per heavy atom. The van der Waals surface area contributed by atoms with Crippen LogP contribution in [0.5, 0.6) is 0 Å². The summed E-state index contributed by atoms with van der Waals surface area (Å²) >= 11 is 0. The van der Waals surface area contributed by atoms with Crippen LogP contribution in [0.25, 0.3) is 0 Å². The second-order valence-electron chi connectivity index (χ2n) is 3.66. The van der Waals surface area contributed by atoms with E-state index in [2.05, 4.69) is 0 Å². The fraction of sp³-hybridized carbons (Fsp3) is 0.300. The van der Waals surface area contributed by atoms with Crippen molar-refractivity contribution in [2.45, 2.75) is 19.3 Å². The minimum absolute atomic E-state index is 0.353. The molecule has 0 heterocycles. The van der Waals surface area contributed by atoms with Gasteiger partial charge in [0.25, 0.3) is 0 Å². The van der Waals surface area contributed by atoms with Crippen molar-refractivity contribution in [2.24, 2.45) is 0 Å². The molecule has 1 amide bonds. The van der Waals surface area contributed by atoms with Crippen molar-refractivity contribution in [3.63, 3.8) is 0 Å². The first kappa shape index (κ1) is 15.1. The lowest BCUT2D eigenvalue weighted by Crippen LogP contribution is -2.17. The number of nitrogen functional groups attached to an aromatic ring is 1. The SMILES string of the molecule is CC(=O)Nc1cc(C(F)(F)F)c(N)c(C(F)(F)F)c1. The standard InChI is InChI=1S/C10H8F6N2O/c1-4(19)18-5-2-6(9(11,12)13)8(17)7(3-5)10(14,15)16/h2-3H,17H2,1H3,(H,18,19). The fourth-order valence-electron chi connectivity index (χ4n) is 1.40. The summed E-state index contributed by atoms with van der Waals surface area (Å²) in [5.41, 5.74) is -0.438. The highest BCUT2D eigenvalue weighted by atomic mass is 19.4. The van der Waals surface area contributed by atoms with Crippen molar-refractivity contribution in [3.8, 4) is 0 Å². The van der Waals surface area contributed by atoms with Crippen LogP contribution in [0.15, 0.2) is 12.1 Å².